The largest absolute Gasteiger partial charge is 0.504 e. The van der Waals surface area contributed by atoms with E-state index < -0.39 is 10.8 Å². The van der Waals surface area contributed by atoms with Crippen LogP contribution in [-0.4, -0.2) is 38.8 Å². The van der Waals surface area contributed by atoms with Gasteiger partial charge in [-0.1, -0.05) is 6.08 Å². The predicted octanol–water partition coefficient (Wildman–Crippen LogP) is 1.69. The number of benzene rings is 1. The number of imidazole rings is 1. The Hall–Kier alpha value is -3.69. The van der Waals surface area contributed by atoms with Crippen molar-refractivity contribution in [1.82, 2.24) is 15.0 Å². The van der Waals surface area contributed by atoms with Gasteiger partial charge in [-0.05, 0) is 29.0 Å². The van der Waals surface area contributed by atoms with E-state index in [0.717, 1.165) is 6.20 Å². The van der Waals surface area contributed by atoms with Gasteiger partial charge < -0.3 is 20.0 Å². The first kappa shape index (κ1) is 19.6. The standard InChI is InChI=1S/C17H19N5O5/c1-4-5-13-6-12(7-14(27-3)17(13)24)8-19-20-15(23)10-21-11(2)18-9-16(21)22(25)26/h4,6-9,24H,1,5,10H2,2-3H3,(H,20,23)/b19-8+. The summed E-state index contributed by atoms with van der Waals surface area (Å²) in [4.78, 5) is 26.2. The Morgan fingerprint density at radius 1 is 1.56 bits per heavy atom. The molecule has 0 aliphatic rings. The molecule has 142 valence electrons. The molecule has 1 amide bonds. The fraction of sp³-hybridized carbons (Fsp3) is 0.235. The van der Waals surface area contributed by atoms with Crippen molar-refractivity contribution in [2.24, 2.45) is 5.10 Å². The Morgan fingerprint density at radius 3 is 2.93 bits per heavy atom. The molecule has 1 heterocycles. The number of nitro groups is 1. The van der Waals surface area contributed by atoms with Crippen molar-refractivity contribution in [2.45, 2.75) is 19.9 Å². The van der Waals surface area contributed by atoms with Gasteiger partial charge in [0, 0.05) is 12.5 Å². The van der Waals surface area contributed by atoms with Gasteiger partial charge >= 0.3 is 5.82 Å². The summed E-state index contributed by atoms with van der Waals surface area (Å²) in [6, 6.07) is 3.24. The summed E-state index contributed by atoms with van der Waals surface area (Å²) >= 11 is 0. The van der Waals surface area contributed by atoms with Crippen LogP contribution in [0.3, 0.4) is 0 Å². The number of phenolic OH excluding ortho intramolecular Hbond substituents is 1. The molecule has 10 heteroatoms. The van der Waals surface area contributed by atoms with Gasteiger partial charge in [0.25, 0.3) is 5.91 Å². The number of carbonyl (C=O) groups excluding carboxylic acids is 1. The summed E-state index contributed by atoms with van der Waals surface area (Å²) in [5.41, 5.74) is 3.49. The molecule has 0 radical (unpaired) electrons. The van der Waals surface area contributed by atoms with Crippen LogP contribution in [0.25, 0.3) is 0 Å². The topological polar surface area (TPSA) is 132 Å². The highest BCUT2D eigenvalue weighted by molar-refractivity contribution is 5.83. The van der Waals surface area contributed by atoms with E-state index >= 15 is 0 Å². The van der Waals surface area contributed by atoms with Gasteiger partial charge in [-0.2, -0.15) is 5.10 Å². The molecule has 10 nitrogen and oxygen atoms in total. The molecular formula is C17H19N5O5. The van der Waals surface area contributed by atoms with Crippen LogP contribution in [0.1, 0.15) is 17.0 Å². The van der Waals surface area contributed by atoms with Gasteiger partial charge in [0.15, 0.2) is 23.9 Å². The van der Waals surface area contributed by atoms with Crippen LogP contribution in [0.5, 0.6) is 11.5 Å². The summed E-state index contributed by atoms with van der Waals surface area (Å²) in [7, 11) is 1.43. The zero-order valence-corrected chi connectivity index (χ0v) is 14.9. The van der Waals surface area contributed by atoms with Gasteiger partial charge in [-0.15, -0.1) is 6.58 Å². The number of methoxy groups -OCH3 is 1. The zero-order chi connectivity index (χ0) is 20.0. The third kappa shape index (κ3) is 4.69. The van der Waals surface area contributed by atoms with Gasteiger partial charge in [-0.3, -0.25) is 4.79 Å². The predicted molar refractivity (Wildman–Crippen MR) is 97.9 cm³/mol. The van der Waals surface area contributed by atoms with Crippen LogP contribution >= 0.6 is 0 Å². The fourth-order valence-electron chi connectivity index (χ4n) is 2.39. The number of phenols is 1. The second-order valence-electron chi connectivity index (χ2n) is 5.52. The molecule has 2 rings (SSSR count). The number of carbonyl (C=O) groups is 1. The van der Waals surface area contributed by atoms with Crippen LogP contribution < -0.4 is 10.2 Å². The SMILES string of the molecule is C=CCc1cc(/C=N/NC(=O)Cn2c([N+](=O)[O-])cnc2C)cc(OC)c1O. The van der Waals surface area contributed by atoms with Crippen molar-refractivity contribution in [3.63, 3.8) is 0 Å². The zero-order valence-electron chi connectivity index (χ0n) is 14.9. The minimum Gasteiger partial charge on any atom is -0.504 e. The lowest BCUT2D eigenvalue weighted by Gasteiger charge is -2.09. The van der Waals surface area contributed by atoms with E-state index in [4.69, 9.17) is 4.74 Å². The number of hydrogen-bond acceptors (Lipinski definition) is 7. The van der Waals surface area contributed by atoms with E-state index in [1.807, 2.05) is 0 Å². The molecule has 0 saturated heterocycles. The van der Waals surface area contributed by atoms with Crippen LogP contribution in [-0.2, 0) is 17.8 Å². The van der Waals surface area contributed by atoms with Crippen molar-refractivity contribution >= 4 is 17.9 Å². The molecule has 0 bridgehead atoms. The molecule has 0 unspecified atom stereocenters. The number of amides is 1. The number of hydrazone groups is 1. The Labute approximate surface area is 154 Å². The number of aromatic hydroxyl groups is 1. The van der Waals surface area contributed by atoms with Gasteiger partial charge in [0.1, 0.15) is 6.20 Å². The first-order valence-corrected chi connectivity index (χ1v) is 7.86. The quantitative estimate of drug-likeness (QED) is 0.313. The normalized spacial score (nSPS) is 10.7. The second-order valence-corrected chi connectivity index (χ2v) is 5.52. The lowest BCUT2D eigenvalue weighted by atomic mass is 10.1. The Balaban J connectivity index is 2.10. The number of aromatic nitrogens is 2. The van der Waals surface area contributed by atoms with Crippen LogP contribution in [0.15, 0.2) is 36.1 Å². The summed E-state index contributed by atoms with van der Waals surface area (Å²) in [6.45, 7) is 4.90. The summed E-state index contributed by atoms with van der Waals surface area (Å²) in [5.74, 6) is -0.192. The number of nitrogens with zero attached hydrogens (tertiary/aromatic N) is 4. The summed E-state index contributed by atoms with van der Waals surface area (Å²) in [5, 5.41) is 24.8. The lowest BCUT2D eigenvalue weighted by Crippen LogP contribution is -2.24. The van der Waals surface area contributed by atoms with Gasteiger partial charge in [0.05, 0.1) is 13.3 Å². The maximum atomic E-state index is 12.0. The Kier molecular flexibility index (Phi) is 6.26. The minimum absolute atomic E-state index is 0.0153. The molecule has 0 spiro atoms. The first-order valence-electron chi connectivity index (χ1n) is 7.86. The number of ether oxygens (including phenoxy) is 1. The summed E-state index contributed by atoms with van der Waals surface area (Å²) < 4.78 is 6.29. The lowest BCUT2D eigenvalue weighted by molar-refractivity contribution is -0.392. The summed E-state index contributed by atoms with van der Waals surface area (Å²) in [6.07, 6.45) is 4.54. The van der Waals surface area contributed by atoms with Crippen LogP contribution in [0, 0.1) is 17.0 Å². The number of hydrogen-bond donors (Lipinski definition) is 2. The monoisotopic (exact) mass is 373 g/mol. The van der Waals surface area contributed by atoms with Crippen molar-refractivity contribution in [1.29, 1.82) is 0 Å². The third-order valence-electron chi connectivity index (χ3n) is 3.69. The minimum atomic E-state index is -0.611. The highest BCUT2D eigenvalue weighted by Gasteiger charge is 2.19. The number of rotatable bonds is 8. The van der Waals surface area contributed by atoms with E-state index in [-0.39, 0.29) is 23.9 Å². The van der Waals surface area contributed by atoms with E-state index in [1.165, 1.54) is 17.9 Å². The van der Waals surface area contributed by atoms with E-state index in [1.54, 1.807) is 25.1 Å². The average molecular weight is 373 g/mol. The van der Waals surface area contributed by atoms with Crippen molar-refractivity contribution in [2.75, 3.05) is 7.11 Å². The molecule has 0 fully saturated rings. The molecule has 2 aromatic rings. The number of aryl methyl sites for hydroxylation is 1. The molecule has 0 atom stereocenters. The van der Waals surface area contributed by atoms with Gasteiger partial charge in [0.2, 0.25) is 0 Å². The van der Waals surface area contributed by atoms with Gasteiger partial charge in [-0.25, -0.2) is 15.0 Å². The highest BCUT2D eigenvalue weighted by atomic mass is 16.6. The number of allylic oxidation sites excluding steroid dienone is 1. The van der Waals surface area contributed by atoms with Crippen LogP contribution in [0.2, 0.25) is 0 Å². The molecule has 1 aromatic carbocycles. The van der Waals surface area contributed by atoms with Crippen molar-refractivity contribution < 1.29 is 19.6 Å². The maximum Gasteiger partial charge on any atom is 0.343 e. The van der Waals surface area contributed by atoms with Crippen LogP contribution in [0.4, 0.5) is 5.82 Å². The molecule has 1 aromatic heterocycles. The molecular weight excluding hydrogens is 354 g/mol. The van der Waals surface area contributed by atoms with Crippen molar-refractivity contribution in [3.05, 3.63) is 58.1 Å². The fourth-order valence-corrected chi connectivity index (χ4v) is 2.39. The Morgan fingerprint density at radius 2 is 2.30 bits per heavy atom. The molecule has 0 aliphatic carbocycles. The third-order valence-corrected chi connectivity index (χ3v) is 3.69. The van der Waals surface area contributed by atoms with E-state index in [9.17, 15) is 20.0 Å². The van der Waals surface area contributed by atoms with E-state index in [2.05, 4.69) is 22.1 Å². The van der Waals surface area contributed by atoms with E-state index in [0.29, 0.717) is 23.4 Å². The molecule has 27 heavy (non-hydrogen) atoms. The first-order chi connectivity index (χ1) is 12.9. The maximum absolute atomic E-state index is 12.0. The average Bonchev–Trinajstić information content (AvgIpc) is 2.98. The molecule has 2 N–H and O–H groups in total. The van der Waals surface area contributed by atoms with Crippen molar-refractivity contribution in [3.8, 4) is 11.5 Å². The smallest absolute Gasteiger partial charge is 0.343 e. The number of nitrogens with one attached hydrogen (secondary N) is 1. The Bertz CT molecular complexity index is 903. The molecule has 0 aliphatic heterocycles. The second kappa shape index (κ2) is 8.61. The highest BCUT2D eigenvalue weighted by Crippen LogP contribution is 2.31. The molecule has 0 saturated carbocycles.